The number of likely N-dealkylation sites (tertiary alicyclic amines) is 1. The molecule has 3 aliphatic heterocycles. The maximum absolute atomic E-state index is 12.7. The summed E-state index contributed by atoms with van der Waals surface area (Å²) < 4.78 is 11.8. The summed E-state index contributed by atoms with van der Waals surface area (Å²) in [5.74, 6) is 0.301. The Morgan fingerprint density at radius 3 is 2.82 bits per heavy atom. The highest BCUT2D eigenvalue weighted by Gasteiger charge is 2.44. The Balaban J connectivity index is 1.36. The van der Waals surface area contributed by atoms with Crippen LogP contribution in [0.4, 0.5) is 0 Å². The topological polar surface area (TPSA) is 64.6 Å². The molecule has 3 aliphatic rings. The molecule has 0 aromatic carbocycles. The van der Waals surface area contributed by atoms with Gasteiger partial charge in [0.05, 0.1) is 29.7 Å². The van der Waals surface area contributed by atoms with Gasteiger partial charge >= 0.3 is 0 Å². The second-order valence-corrected chi connectivity index (χ2v) is 9.06. The van der Waals surface area contributed by atoms with E-state index in [2.05, 4.69) is 16.3 Å². The molecule has 2 saturated heterocycles. The smallest absolute Gasteiger partial charge is 0.228 e. The molecule has 1 unspecified atom stereocenters. The van der Waals surface area contributed by atoms with Crippen LogP contribution in [0.1, 0.15) is 35.4 Å². The highest BCUT2D eigenvalue weighted by Crippen LogP contribution is 2.47. The molecule has 7 heteroatoms. The SMILES string of the molecule is Cc1ccc(-c2cc3c(s2)C2(CCN(C(=O)C4CCOC4)CC2)OCC3)nn1. The van der Waals surface area contributed by atoms with E-state index in [4.69, 9.17) is 9.47 Å². The third kappa shape index (κ3) is 3.15. The minimum Gasteiger partial charge on any atom is -0.381 e. The molecule has 148 valence electrons. The van der Waals surface area contributed by atoms with Crippen LogP contribution in [0.25, 0.3) is 10.6 Å². The van der Waals surface area contributed by atoms with Gasteiger partial charge in [0.1, 0.15) is 11.3 Å². The molecular formula is C21H25N3O3S. The number of fused-ring (bicyclic) bond motifs is 2. The Kier molecular flexibility index (Phi) is 4.69. The predicted molar refractivity (Wildman–Crippen MR) is 106 cm³/mol. The number of carbonyl (C=O) groups is 1. The van der Waals surface area contributed by atoms with Crippen LogP contribution in [0.15, 0.2) is 18.2 Å². The van der Waals surface area contributed by atoms with Crippen molar-refractivity contribution in [1.82, 2.24) is 15.1 Å². The van der Waals surface area contributed by atoms with E-state index in [-0.39, 0.29) is 17.4 Å². The van der Waals surface area contributed by atoms with E-state index >= 15 is 0 Å². The molecule has 0 bridgehead atoms. The summed E-state index contributed by atoms with van der Waals surface area (Å²) in [6, 6.07) is 6.30. The summed E-state index contributed by atoms with van der Waals surface area (Å²) in [5.41, 5.74) is 2.97. The van der Waals surface area contributed by atoms with E-state index in [0.717, 1.165) is 61.6 Å². The quantitative estimate of drug-likeness (QED) is 0.777. The fourth-order valence-electron chi connectivity index (χ4n) is 4.53. The Morgan fingerprint density at radius 1 is 1.25 bits per heavy atom. The van der Waals surface area contributed by atoms with Crippen LogP contribution in [0.2, 0.25) is 0 Å². The molecule has 1 spiro atoms. The van der Waals surface area contributed by atoms with Crippen LogP contribution in [-0.4, -0.2) is 53.9 Å². The molecule has 1 amide bonds. The molecule has 0 radical (unpaired) electrons. The number of ether oxygens (including phenoxy) is 2. The van der Waals surface area contributed by atoms with Crippen LogP contribution in [-0.2, 0) is 26.3 Å². The number of hydrogen-bond donors (Lipinski definition) is 0. The third-order valence-electron chi connectivity index (χ3n) is 6.18. The molecule has 5 rings (SSSR count). The number of aromatic nitrogens is 2. The molecule has 2 fully saturated rings. The van der Waals surface area contributed by atoms with Gasteiger partial charge in [0.15, 0.2) is 0 Å². The first-order valence-corrected chi connectivity index (χ1v) is 10.9. The van der Waals surface area contributed by atoms with Gasteiger partial charge < -0.3 is 14.4 Å². The van der Waals surface area contributed by atoms with Crippen LogP contribution in [0.5, 0.6) is 0 Å². The predicted octanol–water partition coefficient (Wildman–Crippen LogP) is 2.94. The molecule has 0 aliphatic carbocycles. The second kappa shape index (κ2) is 7.21. The zero-order valence-corrected chi connectivity index (χ0v) is 17.0. The van der Waals surface area contributed by atoms with Gasteiger partial charge in [0, 0.05) is 24.6 Å². The molecular weight excluding hydrogens is 374 g/mol. The number of carbonyl (C=O) groups excluding carboxylic acids is 1. The van der Waals surface area contributed by atoms with Crippen molar-refractivity contribution >= 4 is 17.2 Å². The van der Waals surface area contributed by atoms with Gasteiger partial charge in [0.2, 0.25) is 5.91 Å². The summed E-state index contributed by atoms with van der Waals surface area (Å²) in [6.07, 6.45) is 3.51. The zero-order valence-electron chi connectivity index (χ0n) is 16.1. The highest BCUT2D eigenvalue weighted by atomic mass is 32.1. The number of thiophene rings is 1. The van der Waals surface area contributed by atoms with E-state index in [9.17, 15) is 4.79 Å². The summed E-state index contributed by atoms with van der Waals surface area (Å²) in [6.45, 7) is 5.49. The maximum Gasteiger partial charge on any atom is 0.228 e. The molecule has 28 heavy (non-hydrogen) atoms. The Labute approximate surface area is 168 Å². The van der Waals surface area contributed by atoms with E-state index in [1.807, 2.05) is 24.0 Å². The van der Waals surface area contributed by atoms with E-state index in [1.54, 1.807) is 11.3 Å². The van der Waals surface area contributed by atoms with Crippen LogP contribution in [0, 0.1) is 12.8 Å². The molecule has 0 saturated carbocycles. The first kappa shape index (κ1) is 18.2. The molecule has 5 heterocycles. The van der Waals surface area contributed by atoms with E-state index in [1.165, 1.54) is 10.4 Å². The van der Waals surface area contributed by atoms with Crippen molar-refractivity contribution in [3.8, 4) is 10.6 Å². The summed E-state index contributed by atoms with van der Waals surface area (Å²) in [7, 11) is 0. The van der Waals surface area contributed by atoms with Crippen molar-refractivity contribution in [2.75, 3.05) is 32.9 Å². The first-order valence-electron chi connectivity index (χ1n) is 10.1. The Bertz CT molecular complexity index is 866. The lowest BCUT2D eigenvalue weighted by atomic mass is 9.85. The lowest BCUT2D eigenvalue weighted by Gasteiger charge is -2.44. The van der Waals surface area contributed by atoms with Crippen molar-refractivity contribution in [3.63, 3.8) is 0 Å². The monoisotopic (exact) mass is 399 g/mol. The molecule has 2 aromatic heterocycles. The van der Waals surface area contributed by atoms with Crippen molar-refractivity contribution in [1.29, 1.82) is 0 Å². The normalized spacial score (nSPS) is 23.8. The number of rotatable bonds is 2. The van der Waals surface area contributed by atoms with Gasteiger partial charge in [-0.1, -0.05) is 0 Å². The van der Waals surface area contributed by atoms with Crippen LogP contribution >= 0.6 is 11.3 Å². The largest absolute Gasteiger partial charge is 0.381 e. The average molecular weight is 400 g/mol. The maximum atomic E-state index is 12.7. The van der Waals surface area contributed by atoms with Crippen molar-refractivity contribution in [2.24, 2.45) is 5.92 Å². The molecule has 0 N–H and O–H groups in total. The number of hydrogen-bond acceptors (Lipinski definition) is 6. The number of amides is 1. The first-order chi connectivity index (χ1) is 13.6. The van der Waals surface area contributed by atoms with Crippen molar-refractivity contribution in [3.05, 3.63) is 34.3 Å². The summed E-state index contributed by atoms with van der Waals surface area (Å²) in [5, 5.41) is 8.56. The van der Waals surface area contributed by atoms with Gasteiger partial charge in [-0.15, -0.1) is 16.4 Å². The second-order valence-electron chi connectivity index (χ2n) is 8.00. The molecule has 1 atom stereocenters. The van der Waals surface area contributed by atoms with Crippen molar-refractivity contribution < 1.29 is 14.3 Å². The van der Waals surface area contributed by atoms with Crippen molar-refractivity contribution in [2.45, 2.75) is 38.2 Å². The van der Waals surface area contributed by atoms with Crippen LogP contribution < -0.4 is 0 Å². The third-order valence-corrected chi connectivity index (χ3v) is 7.57. The number of piperidine rings is 1. The fraction of sp³-hybridized carbons (Fsp3) is 0.571. The highest BCUT2D eigenvalue weighted by molar-refractivity contribution is 7.15. The Morgan fingerprint density at radius 2 is 2.11 bits per heavy atom. The minimum atomic E-state index is -0.252. The van der Waals surface area contributed by atoms with E-state index < -0.39 is 0 Å². The van der Waals surface area contributed by atoms with Gasteiger partial charge in [-0.3, -0.25) is 4.79 Å². The number of nitrogens with zero attached hydrogens (tertiary/aromatic N) is 3. The standard InChI is InChI=1S/C21H25N3O3S/c1-14-2-3-17(23-22-14)18-12-15-5-11-27-21(19(15)28-18)6-8-24(9-7-21)20(25)16-4-10-26-13-16/h2-3,12,16H,4-11,13H2,1H3. The summed E-state index contributed by atoms with van der Waals surface area (Å²) >= 11 is 1.78. The molecule has 6 nitrogen and oxygen atoms in total. The Hall–Kier alpha value is -1.83. The number of aryl methyl sites for hydroxylation is 1. The van der Waals surface area contributed by atoms with Gasteiger partial charge in [-0.25, -0.2) is 0 Å². The van der Waals surface area contributed by atoms with E-state index in [0.29, 0.717) is 13.2 Å². The molecule has 2 aromatic rings. The van der Waals surface area contributed by atoms with Crippen LogP contribution in [0.3, 0.4) is 0 Å². The van der Waals surface area contributed by atoms with Gasteiger partial charge in [-0.2, -0.15) is 5.10 Å². The minimum absolute atomic E-state index is 0.0466. The summed E-state index contributed by atoms with van der Waals surface area (Å²) in [4.78, 5) is 17.2. The van der Waals surface area contributed by atoms with Gasteiger partial charge in [-0.05, 0) is 56.4 Å². The lowest BCUT2D eigenvalue weighted by molar-refractivity contribution is -0.144. The van der Waals surface area contributed by atoms with Gasteiger partial charge in [0.25, 0.3) is 0 Å². The zero-order chi connectivity index (χ0) is 19.1. The average Bonchev–Trinajstić information content (AvgIpc) is 3.40. The fourth-order valence-corrected chi connectivity index (χ4v) is 5.90. The lowest BCUT2D eigenvalue weighted by Crippen LogP contribution is -2.49.